The van der Waals surface area contributed by atoms with Crippen LogP contribution in [-0.2, 0) is 14.8 Å². The Hall–Kier alpha value is -2.74. The van der Waals surface area contributed by atoms with Crippen molar-refractivity contribution in [2.45, 2.75) is 26.3 Å². The van der Waals surface area contributed by atoms with E-state index < -0.39 is 16.1 Å². The second-order valence-electron chi connectivity index (χ2n) is 7.81. The first-order chi connectivity index (χ1) is 14.8. The van der Waals surface area contributed by atoms with Gasteiger partial charge in [-0.05, 0) is 43.2 Å². The zero-order valence-electron chi connectivity index (χ0n) is 18.6. The number of rotatable bonds is 7. The van der Waals surface area contributed by atoms with E-state index in [0.29, 0.717) is 38.3 Å². The number of hydrogen-bond acceptors (Lipinski definition) is 5. The van der Waals surface area contributed by atoms with E-state index in [1.54, 1.807) is 24.1 Å². The summed E-state index contributed by atoms with van der Waals surface area (Å²) in [7, 11) is -1.99. The molecule has 0 aliphatic carbocycles. The minimum absolute atomic E-state index is 0.158. The Balaban J connectivity index is 1.79. The number of ether oxygens (including phenoxy) is 1. The molecule has 0 N–H and O–H groups in total. The molecule has 1 heterocycles. The number of hydrogen-bond donors (Lipinski definition) is 0. The summed E-state index contributed by atoms with van der Waals surface area (Å²) in [5.74, 6) is 0.644. The lowest BCUT2D eigenvalue weighted by molar-refractivity contribution is -0.132. The summed E-state index contributed by atoms with van der Waals surface area (Å²) in [6.07, 6.45) is 1.55. The largest absolute Gasteiger partial charge is 0.495 e. The number of nitrogens with zero attached hydrogens (tertiary/aromatic N) is 3. The molecule has 1 fully saturated rings. The first kappa shape index (κ1) is 22.9. The Morgan fingerprint density at radius 1 is 1.10 bits per heavy atom. The van der Waals surface area contributed by atoms with Gasteiger partial charge in [-0.1, -0.05) is 31.2 Å². The third-order valence-corrected chi connectivity index (χ3v) is 6.77. The van der Waals surface area contributed by atoms with Gasteiger partial charge in [-0.2, -0.15) is 0 Å². The summed E-state index contributed by atoms with van der Waals surface area (Å²) in [6.45, 7) is 6.13. The molecule has 1 saturated heterocycles. The lowest BCUT2D eigenvalue weighted by atomic mass is 10.1. The van der Waals surface area contributed by atoms with Crippen molar-refractivity contribution in [3.05, 3.63) is 54.1 Å². The SMILES string of the molecule is CCC(C(=O)N1CCN(c2ccccc2OC)CC1)N(c1cccc(C)c1)S(C)(=O)=O. The highest BCUT2D eigenvalue weighted by Gasteiger charge is 2.35. The van der Waals surface area contributed by atoms with Crippen molar-refractivity contribution in [1.29, 1.82) is 0 Å². The van der Waals surface area contributed by atoms with Crippen molar-refractivity contribution < 1.29 is 17.9 Å². The minimum atomic E-state index is -3.63. The van der Waals surface area contributed by atoms with Crippen molar-refractivity contribution >= 4 is 27.3 Å². The second-order valence-corrected chi connectivity index (χ2v) is 9.67. The molecular weight excluding hydrogens is 414 g/mol. The molecule has 1 atom stereocenters. The Morgan fingerprint density at radius 2 is 1.77 bits per heavy atom. The van der Waals surface area contributed by atoms with Gasteiger partial charge in [-0.15, -0.1) is 0 Å². The van der Waals surface area contributed by atoms with Crippen molar-refractivity contribution in [2.75, 3.05) is 48.7 Å². The minimum Gasteiger partial charge on any atom is -0.495 e. The van der Waals surface area contributed by atoms with E-state index in [0.717, 1.165) is 23.3 Å². The van der Waals surface area contributed by atoms with Crippen LogP contribution in [0.5, 0.6) is 5.75 Å². The number of benzene rings is 2. The van der Waals surface area contributed by atoms with Gasteiger partial charge >= 0.3 is 0 Å². The molecule has 1 unspecified atom stereocenters. The van der Waals surface area contributed by atoms with Crippen LogP contribution in [0.2, 0.25) is 0 Å². The maximum atomic E-state index is 13.4. The van der Waals surface area contributed by atoms with Gasteiger partial charge in [0.15, 0.2) is 0 Å². The molecule has 0 saturated carbocycles. The summed E-state index contributed by atoms with van der Waals surface area (Å²) < 4.78 is 32.1. The fourth-order valence-corrected chi connectivity index (χ4v) is 5.28. The third-order valence-electron chi connectivity index (χ3n) is 5.59. The molecule has 1 amide bonds. The zero-order chi connectivity index (χ0) is 22.6. The van der Waals surface area contributed by atoms with Gasteiger partial charge < -0.3 is 14.5 Å². The molecule has 2 aromatic carbocycles. The van der Waals surface area contributed by atoms with Gasteiger partial charge in [0.1, 0.15) is 11.8 Å². The van der Waals surface area contributed by atoms with E-state index in [1.807, 2.05) is 50.2 Å². The third kappa shape index (κ3) is 5.12. The lowest BCUT2D eigenvalue weighted by Gasteiger charge is -2.40. The highest BCUT2D eigenvalue weighted by molar-refractivity contribution is 7.92. The monoisotopic (exact) mass is 445 g/mol. The Labute approximate surface area is 185 Å². The lowest BCUT2D eigenvalue weighted by Crippen LogP contribution is -2.56. The van der Waals surface area contributed by atoms with E-state index in [9.17, 15) is 13.2 Å². The highest BCUT2D eigenvalue weighted by Crippen LogP contribution is 2.29. The van der Waals surface area contributed by atoms with Crippen LogP contribution >= 0.6 is 0 Å². The summed E-state index contributed by atoms with van der Waals surface area (Å²) in [5, 5.41) is 0. The molecule has 0 spiro atoms. The molecule has 3 rings (SSSR count). The molecule has 7 nitrogen and oxygen atoms in total. The van der Waals surface area contributed by atoms with Crippen LogP contribution in [0.15, 0.2) is 48.5 Å². The van der Waals surface area contributed by atoms with Crippen molar-refractivity contribution in [2.24, 2.45) is 0 Å². The van der Waals surface area contributed by atoms with Gasteiger partial charge in [0.2, 0.25) is 15.9 Å². The number of carbonyl (C=O) groups is 1. The zero-order valence-corrected chi connectivity index (χ0v) is 19.4. The molecule has 1 aliphatic heterocycles. The van der Waals surface area contributed by atoms with Gasteiger partial charge in [0.05, 0.1) is 24.7 Å². The molecule has 31 heavy (non-hydrogen) atoms. The first-order valence-corrected chi connectivity index (χ1v) is 12.3. The number of sulfonamides is 1. The van der Waals surface area contributed by atoms with E-state index in [-0.39, 0.29) is 5.91 Å². The number of methoxy groups -OCH3 is 1. The normalized spacial score (nSPS) is 15.5. The first-order valence-electron chi connectivity index (χ1n) is 10.5. The number of carbonyl (C=O) groups excluding carboxylic acids is 1. The molecule has 0 radical (unpaired) electrons. The fourth-order valence-electron chi connectivity index (χ4n) is 4.08. The van der Waals surface area contributed by atoms with Gasteiger partial charge in [-0.25, -0.2) is 8.42 Å². The van der Waals surface area contributed by atoms with Crippen molar-refractivity contribution in [3.8, 4) is 5.75 Å². The number of aryl methyl sites for hydroxylation is 1. The van der Waals surface area contributed by atoms with Gasteiger partial charge in [0.25, 0.3) is 0 Å². The van der Waals surface area contributed by atoms with Crippen molar-refractivity contribution in [1.82, 2.24) is 4.90 Å². The van der Waals surface area contributed by atoms with E-state index in [4.69, 9.17) is 4.74 Å². The highest BCUT2D eigenvalue weighted by atomic mass is 32.2. The average Bonchev–Trinajstić information content (AvgIpc) is 2.76. The molecule has 168 valence electrons. The number of piperazine rings is 1. The summed E-state index contributed by atoms with van der Waals surface area (Å²) in [4.78, 5) is 17.4. The van der Waals surface area contributed by atoms with Crippen LogP contribution in [0.25, 0.3) is 0 Å². The predicted octanol–water partition coefficient (Wildman–Crippen LogP) is 2.90. The summed E-state index contributed by atoms with van der Waals surface area (Å²) in [5.41, 5.74) is 2.47. The van der Waals surface area contributed by atoms with Crippen LogP contribution in [0.4, 0.5) is 11.4 Å². The predicted molar refractivity (Wildman–Crippen MR) is 124 cm³/mol. The molecule has 2 aromatic rings. The van der Waals surface area contributed by atoms with E-state index in [1.165, 1.54) is 4.31 Å². The van der Waals surface area contributed by atoms with Gasteiger partial charge in [0, 0.05) is 26.2 Å². The quantitative estimate of drug-likeness (QED) is 0.655. The van der Waals surface area contributed by atoms with Crippen LogP contribution in [0.3, 0.4) is 0 Å². The van der Waals surface area contributed by atoms with Crippen LogP contribution < -0.4 is 13.9 Å². The van der Waals surface area contributed by atoms with Gasteiger partial charge in [-0.3, -0.25) is 9.10 Å². The number of amides is 1. The van der Waals surface area contributed by atoms with Crippen LogP contribution in [-0.4, -0.2) is 64.8 Å². The topological polar surface area (TPSA) is 70.2 Å². The van der Waals surface area contributed by atoms with Crippen LogP contribution in [0, 0.1) is 6.92 Å². The molecular formula is C23H31N3O4S. The fraction of sp³-hybridized carbons (Fsp3) is 0.435. The van der Waals surface area contributed by atoms with E-state index in [2.05, 4.69) is 4.90 Å². The molecule has 1 aliphatic rings. The summed E-state index contributed by atoms with van der Waals surface area (Å²) >= 11 is 0. The van der Waals surface area contributed by atoms with Crippen molar-refractivity contribution in [3.63, 3.8) is 0 Å². The molecule has 8 heteroatoms. The molecule has 0 bridgehead atoms. The average molecular weight is 446 g/mol. The number of para-hydroxylation sites is 2. The second kappa shape index (κ2) is 9.60. The van der Waals surface area contributed by atoms with E-state index >= 15 is 0 Å². The summed E-state index contributed by atoms with van der Waals surface area (Å²) in [6, 6.07) is 14.3. The Bertz CT molecular complexity index is 1020. The maximum Gasteiger partial charge on any atom is 0.246 e. The molecule has 0 aromatic heterocycles. The van der Waals surface area contributed by atoms with Crippen LogP contribution in [0.1, 0.15) is 18.9 Å². The Morgan fingerprint density at radius 3 is 2.35 bits per heavy atom. The smallest absolute Gasteiger partial charge is 0.246 e. The standard InChI is InChI=1S/C23H31N3O4S/c1-5-20(26(31(4,28)29)19-10-8-9-18(2)17-19)23(27)25-15-13-24(14-16-25)21-11-6-7-12-22(21)30-3/h6-12,17,20H,5,13-16H2,1-4H3. The maximum absolute atomic E-state index is 13.4. The number of anilines is 2. The Kier molecular flexibility index (Phi) is 7.10.